The second-order valence-corrected chi connectivity index (χ2v) is 6.17. The van der Waals surface area contributed by atoms with Gasteiger partial charge in [0, 0.05) is 11.7 Å². The number of aromatic nitrogens is 3. The van der Waals surface area contributed by atoms with Crippen LogP contribution in [0.3, 0.4) is 0 Å². The third kappa shape index (κ3) is 2.87. The number of pyridine rings is 1. The van der Waals surface area contributed by atoms with Gasteiger partial charge in [-0.2, -0.15) is 5.10 Å². The lowest BCUT2D eigenvalue weighted by Gasteiger charge is -2.10. The third-order valence-electron chi connectivity index (χ3n) is 3.80. The van der Waals surface area contributed by atoms with E-state index in [9.17, 15) is 9.18 Å². The predicted molar refractivity (Wildman–Crippen MR) is 91.7 cm³/mol. The summed E-state index contributed by atoms with van der Waals surface area (Å²) in [6.07, 6.45) is 1.63. The smallest absolute Gasteiger partial charge is 0.256 e. The Hall–Kier alpha value is -2.76. The number of hydrogen-bond donors (Lipinski definition) is 1. The van der Waals surface area contributed by atoms with Crippen LogP contribution in [0.5, 0.6) is 0 Å². The molecule has 0 aliphatic carbocycles. The van der Waals surface area contributed by atoms with Crippen LogP contribution in [0.1, 0.15) is 41.5 Å². The maximum Gasteiger partial charge on any atom is 0.256 e. The molecule has 0 radical (unpaired) electrons. The van der Waals surface area contributed by atoms with Crippen LogP contribution in [0.25, 0.3) is 11.0 Å². The van der Waals surface area contributed by atoms with Gasteiger partial charge in [0.05, 0.1) is 22.8 Å². The molecule has 2 heterocycles. The van der Waals surface area contributed by atoms with Crippen molar-refractivity contribution in [2.75, 3.05) is 5.32 Å². The molecule has 0 spiro atoms. The van der Waals surface area contributed by atoms with E-state index in [1.807, 2.05) is 20.8 Å². The van der Waals surface area contributed by atoms with E-state index >= 15 is 0 Å². The first-order valence-electron chi connectivity index (χ1n) is 7.79. The summed E-state index contributed by atoms with van der Waals surface area (Å²) in [5.74, 6) is -0.834. The van der Waals surface area contributed by atoms with Gasteiger partial charge in [-0.15, -0.1) is 0 Å². The monoisotopic (exact) mass is 326 g/mol. The van der Waals surface area contributed by atoms with E-state index in [4.69, 9.17) is 0 Å². The second-order valence-electron chi connectivity index (χ2n) is 6.17. The first-order chi connectivity index (χ1) is 11.4. The summed E-state index contributed by atoms with van der Waals surface area (Å²) < 4.78 is 15.8. The molecular formula is C18H19FN4O. The average molecular weight is 326 g/mol. The highest BCUT2D eigenvalue weighted by atomic mass is 19.1. The molecule has 1 amide bonds. The Morgan fingerprint density at radius 2 is 2.00 bits per heavy atom. The molecule has 0 saturated heterocycles. The number of nitrogens with one attached hydrogen (secondary N) is 1. The first kappa shape index (κ1) is 16.1. The summed E-state index contributed by atoms with van der Waals surface area (Å²) in [7, 11) is 0. The minimum Gasteiger partial charge on any atom is -0.319 e. The lowest BCUT2D eigenvalue weighted by Crippen LogP contribution is -2.14. The van der Waals surface area contributed by atoms with Crippen molar-refractivity contribution in [1.82, 2.24) is 14.8 Å². The summed E-state index contributed by atoms with van der Waals surface area (Å²) in [6.45, 7) is 7.61. The number of halogens is 1. The van der Waals surface area contributed by atoms with E-state index in [-0.39, 0.29) is 17.6 Å². The number of benzene rings is 1. The molecule has 0 atom stereocenters. The van der Waals surface area contributed by atoms with Crippen LogP contribution in [-0.2, 0) is 0 Å². The minimum absolute atomic E-state index is 0.127. The van der Waals surface area contributed by atoms with Gasteiger partial charge in [0.15, 0.2) is 5.65 Å². The van der Waals surface area contributed by atoms with Gasteiger partial charge < -0.3 is 5.32 Å². The van der Waals surface area contributed by atoms with Crippen LogP contribution < -0.4 is 5.32 Å². The second kappa shape index (κ2) is 6.03. The van der Waals surface area contributed by atoms with Crippen LogP contribution in [0.15, 0.2) is 30.5 Å². The van der Waals surface area contributed by atoms with E-state index in [1.165, 1.54) is 6.07 Å². The van der Waals surface area contributed by atoms with Crippen LogP contribution in [0.4, 0.5) is 10.1 Å². The Balaban J connectivity index is 2.03. The summed E-state index contributed by atoms with van der Waals surface area (Å²) in [6, 6.07) is 6.52. The Labute approximate surface area is 139 Å². The van der Waals surface area contributed by atoms with Crippen LogP contribution in [-0.4, -0.2) is 20.7 Å². The SMILES string of the molecule is Cc1ccc(NC(=O)c2cc(C)nc3c2cnn3C(C)C)c(F)c1. The number of fused-ring (bicyclic) bond motifs is 1. The van der Waals surface area contributed by atoms with Crippen molar-refractivity contribution < 1.29 is 9.18 Å². The normalized spacial score (nSPS) is 11.2. The molecular weight excluding hydrogens is 307 g/mol. The third-order valence-corrected chi connectivity index (χ3v) is 3.80. The molecule has 1 aromatic carbocycles. The first-order valence-corrected chi connectivity index (χ1v) is 7.79. The topological polar surface area (TPSA) is 59.8 Å². The van der Waals surface area contributed by atoms with Crippen LogP contribution in [0.2, 0.25) is 0 Å². The van der Waals surface area contributed by atoms with Crippen molar-refractivity contribution in [2.45, 2.75) is 33.7 Å². The Kier molecular flexibility index (Phi) is 4.05. The number of nitrogens with zero attached hydrogens (tertiary/aromatic N) is 3. The van der Waals surface area contributed by atoms with Crippen molar-refractivity contribution in [3.05, 3.63) is 53.1 Å². The summed E-state index contributed by atoms with van der Waals surface area (Å²) in [5, 5.41) is 7.60. The Morgan fingerprint density at radius 1 is 1.25 bits per heavy atom. The molecule has 2 aromatic heterocycles. The molecule has 0 unspecified atom stereocenters. The zero-order valence-corrected chi connectivity index (χ0v) is 14.1. The molecule has 0 bridgehead atoms. The molecule has 5 nitrogen and oxygen atoms in total. The van der Waals surface area contributed by atoms with Crippen molar-refractivity contribution in [2.24, 2.45) is 0 Å². The summed E-state index contributed by atoms with van der Waals surface area (Å²) >= 11 is 0. The maximum absolute atomic E-state index is 14.0. The quantitative estimate of drug-likeness (QED) is 0.791. The number of carbonyl (C=O) groups excluding carboxylic acids is 1. The number of anilines is 1. The highest BCUT2D eigenvalue weighted by Crippen LogP contribution is 2.23. The fraction of sp³-hybridized carbons (Fsp3) is 0.278. The Morgan fingerprint density at radius 3 is 2.67 bits per heavy atom. The number of hydrogen-bond acceptors (Lipinski definition) is 3. The van der Waals surface area contributed by atoms with Gasteiger partial charge in [0.25, 0.3) is 5.91 Å². The van der Waals surface area contributed by atoms with Crippen molar-refractivity contribution >= 4 is 22.6 Å². The minimum atomic E-state index is -0.455. The van der Waals surface area contributed by atoms with Gasteiger partial charge in [-0.3, -0.25) is 4.79 Å². The lowest BCUT2D eigenvalue weighted by molar-refractivity contribution is 0.102. The highest BCUT2D eigenvalue weighted by Gasteiger charge is 2.18. The lowest BCUT2D eigenvalue weighted by atomic mass is 10.1. The van der Waals surface area contributed by atoms with E-state index in [0.29, 0.717) is 22.3 Å². The number of amides is 1. The Bertz CT molecular complexity index is 930. The molecule has 0 saturated carbocycles. The molecule has 24 heavy (non-hydrogen) atoms. The fourth-order valence-corrected chi connectivity index (χ4v) is 2.62. The van der Waals surface area contributed by atoms with Crippen molar-refractivity contribution in [3.8, 4) is 0 Å². The van der Waals surface area contributed by atoms with Gasteiger partial charge >= 0.3 is 0 Å². The molecule has 0 fully saturated rings. The number of carbonyl (C=O) groups is 1. The molecule has 6 heteroatoms. The molecule has 124 valence electrons. The van der Waals surface area contributed by atoms with Gasteiger partial charge in [-0.05, 0) is 51.5 Å². The van der Waals surface area contributed by atoms with Gasteiger partial charge in [-0.1, -0.05) is 6.07 Å². The largest absolute Gasteiger partial charge is 0.319 e. The average Bonchev–Trinajstić information content (AvgIpc) is 2.92. The molecule has 0 aliphatic rings. The molecule has 1 N–H and O–H groups in total. The van der Waals surface area contributed by atoms with E-state index in [2.05, 4.69) is 15.4 Å². The fourth-order valence-electron chi connectivity index (χ4n) is 2.62. The predicted octanol–water partition coefficient (Wildman–Crippen LogP) is 4.02. The number of rotatable bonds is 3. The van der Waals surface area contributed by atoms with Crippen LogP contribution >= 0.6 is 0 Å². The van der Waals surface area contributed by atoms with Crippen LogP contribution in [0, 0.1) is 19.7 Å². The van der Waals surface area contributed by atoms with E-state index in [0.717, 1.165) is 5.56 Å². The van der Waals surface area contributed by atoms with Gasteiger partial charge in [0.2, 0.25) is 0 Å². The number of aryl methyl sites for hydroxylation is 2. The van der Waals surface area contributed by atoms with Crippen molar-refractivity contribution in [1.29, 1.82) is 0 Å². The maximum atomic E-state index is 14.0. The van der Waals surface area contributed by atoms with Crippen molar-refractivity contribution in [3.63, 3.8) is 0 Å². The molecule has 3 rings (SSSR count). The zero-order chi connectivity index (χ0) is 17.4. The van der Waals surface area contributed by atoms with E-state index in [1.54, 1.807) is 36.0 Å². The summed E-state index contributed by atoms with van der Waals surface area (Å²) in [4.78, 5) is 17.1. The van der Waals surface area contributed by atoms with E-state index < -0.39 is 5.82 Å². The summed E-state index contributed by atoms with van der Waals surface area (Å²) in [5.41, 5.74) is 2.75. The standard InChI is InChI=1S/C18H19FN4O/c1-10(2)23-17-14(9-20-23)13(8-12(4)21-17)18(24)22-16-6-5-11(3)7-15(16)19/h5-10H,1-4H3,(H,22,24). The zero-order valence-electron chi connectivity index (χ0n) is 14.1. The highest BCUT2D eigenvalue weighted by molar-refractivity contribution is 6.12. The van der Waals surface area contributed by atoms with Gasteiger partial charge in [-0.25, -0.2) is 14.1 Å². The molecule has 0 aliphatic heterocycles. The van der Waals surface area contributed by atoms with Gasteiger partial charge in [0.1, 0.15) is 5.82 Å². The molecule has 3 aromatic rings.